The van der Waals surface area contributed by atoms with Crippen molar-refractivity contribution in [1.29, 1.82) is 0 Å². The first kappa shape index (κ1) is 14.6. The van der Waals surface area contributed by atoms with Crippen molar-refractivity contribution in [3.8, 4) is 5.75 Å². The highest BCUT2D eigenvalue weighted by Crippen LogP contribution is 2.28. The maximum atomic E-state index is 12.2. The zero-order valence-corrected chi connectivity index (χ0v) is 12.4. The average molecular weight is 249 g/mol. The molecule has 1 aromatic rings. The minimum absolute atomic E-state index is 0.0335. The molecule has 1 amide bonds. The van der Waals surface area contributed by atoms with Crippen LogP contribution >= 0.6 is 0 Å². The van der Waals surface area contributed by atoms with Gasteiger partial charge in [-0.05, 0) is 64.3 Å². The minimum Gasteiger partial charge on any atom is -0.496 e. The van der Waals surface area contributed by atoms with E-state index in [2.05, 4.69) is 5.32 Å². The molecule has 0 fully saturated rings. The molecule has 0 saturated heterocycles. The number of rotatable bonds is 2. The molecule has 0 heterocycles. The molecule has 0 aliphatic rings. The predicted octanol–water partition coefficient (Wildman–Crippen LogP) is 3.15. The summed E-state index contributed by atoms with van der Waals surface area (Å²) >= 11 is 0. The van der Waals surface area contributed by atoms with Crippen molar-refractivity contribution in [2.45, 2.75) is 47.1 Å². The van der Waals surface area contributed by atoms with Crippen molar-refractivity contribution in [3.05, 3.63) is 28.3 Å². The molecular weight excluding hydrogens is 226 g/mol. The van der Waals surface area contributed by atoms with Gasteiger partial charge < -0.3 is 10.1 Å². The SMILES string of the molecule is COc1c(C)cc(C(=O)NC(C)(C)C)c(C)c1C. The number of carbonyl (C=O) groups is 1. The largest absolute Gasteiger partial charge is 0.496 e. The van der Waals surface area contributed by atoms with E-state index in [1.54, 1.807) is 7.11 Å². The number of nitrogens with one attached hydrogen (secondary N) is 1. The summed E-state index contributed by atoms with van der Waals surface area (Å²) < 4.78 is 5.36. The van der Waals surface area contributed by atoms with Gasteiger partial charge in [-0.2, -0.15) is 0 Å². The summed E-state index contributed by atoms with van der Waals surface area (Å²) in [5, 5.41) is 2.99. The lowest BCUT2D eigenvalue weighted by Gasteiger charge is -2.22. The van der Waals surface area contributed by atoms with E-state index in [9.17, 15) is 4.79 Å². The van der Waals surface area contributed by atoms with E-state index in [0.29, 0.717) is 0 Å². The third-order valence-electron chi connectivity index (χ3n) is 2.96. The second-order valence-electron chi connectivity index (χ2n) is 5.73. The Kier molecular flexibility index (Phi) is 4.05. The highest BCUT2D eigenvalue weighted by atomic mass is 16.5. The summed E-state index contributed by atoms with van der Waals surface area (Å²) in [6.07, 6.45) is 0. The number of hydrogen-bond acceptors (Lipinski definition) is 2. The Balaban J connectivity index is 3.23. The summed E-state index contributed by atoms with van der Waals surface area (Å²) in [6.45, 7) is 11.8. The van der Waals surface area contributed by atoms with E-state index in [-0.39, 0.29) is 11.4 Å². The zero-order valence-electron chi connectivity index (χ0n) is 12.4. The van der Waals surface area contributed by atoms with Crippen LogP contribution in [0.4, 0.5) is 0 Å². The van der Waals surface area contributed by atoms with Crippen LogP contribution in [0.5, 0.6) is 5.75 Å². The second-order valence-corrected chi connectivity index (χ2v) is 5.73. The Morgan fingerprint density at radius 1 is 1.17 bits per heavy atom. The summed E-state index contributed by atoms with van der Waals surface area (Å²) in [6, 6.07) is 1.89. The Bertz CT molecular complexity index is 470. The lowest BCUT2D eigenvalue weighted by atomic mass is 9.97. The van der Waals surface area contributed by atoms with E-state index < -0.39 is 0 Å². The van der Waals surface area contributed by atoms with Crippen LogP contribution in [-0.2, 0) is 0 Å². The fraction of sp³-hybridized carbons (Fsp3) is 0.533. The predicted molar refractivity (Wildman–Crippen MR) is 74.4 cm³/mol. The van der Waals surface area contributed by atoms with E-state index in [1.807, 2.05) is 47.6 Å². The van der Waals surface area contributed by atoms with Crippen LogP contribution in [0.3, 0.4) is 0 Å². The maximum absolute atomic E-state index is 12.2. The number of amides is 1. The molecule has 1 aromatic carbocycles. The van der Waals surface area contributed by atoms with Gasteiger partial charge in [0.05, 0.1) is 7.11 Å². The van der Waals surface area contributed by atoms with E-state index in [1.165, 1.54) is 0 Å². The topological polar surface area (TPSA) is 38.3 Å². The maximum Gasteiger partial charge on any atom is 0.251 e. The van der Waals surface area contributed by atoms with Crippen molar-refractivity contribution < 1.29 is 9.53 Å². The van der Waals surface area contributed by atoms with Gasteiger partial charge in [0.15, 0.2) is 0 Å². The van der Waals surface area contributed by atoms with Crippen LogP contribution in [0.15, 0.2) is 6.07 Å². The van der Waals surface area contributed by atoms with Gasteiger partial charge in [0.2, 0.25) is 0 Å². The van der Waals surface area contributed by atoms with Crippen LogP contribution < -0.4 is 10.1 Å². The molecule has 0 unspecified atom stereocenters. The minimum atomic E-state index is -0.231. The molecule has 0 aliphatic carbocycles. The first-order valence-corrected chi connectivity index (χ1v) is 6.14. The van der Waals surface area contributed by atoms with Crippen LogP contribution in [-0.4, -0.2) is 18.6 Å². The van der Waals surface area contributed by atoms with Crippen LogP contribution in [0, 0.1) is 20.8 Å². The van der Waals surface area contributed by atoms with Gasteiger partial charge in [0.1, 0.15) is 5.75 Å². The third kappa shape index (κ3) is 3.03. The first-order chi connectivity index (χ1) is 8.17. The normalized spacial score (nSPS) is 11.3. The van der Waals surface area contributed by atoms with E-state index >= 15 is 0 Å². The number of carbonyl (C=O) groups excluding carboxylic acids is 1. The zero-order chi connectivity index (χ0) is 14.1. The monoisotopic (exact) mass is 249 g/mol. The fourth-order valence-corrected chi connectivity index (χ4v) is 2.02. The van der Waals surface area contributed by atoms with Gasteiger partial charge in [0.25, 0.3) is 5.91 Å². The highest BCUT2D eigenvalue weighted by Gasteiger charge is 2.19. The Morgan fingerprint density at radius 2 is 1.72 bits per heavy atom. The van der Waals surface area contributed by atoms with Gasteiger partial charge in [-0.15, -0.1) is 0 Å². The molecule has 0 radical (unpaired) electrons. The number of methoxy groups -OCH3 is 1. The summed E-state index contributed by atoms with van der Waals surface area (Å²) in [7, 11) is 1.66. The quantitative estimate of drug-likeness (QED) is 0.874. The number of aryl methyl sites for hydroxylation is 1. The molecule has 3 nitrogen and oxygen atoms in total. The van der Waals surface area contributed by atoms with Gasteiger partial charge in [-0.1, -0.05) is 0 Å². The van der Waals surface area contributed by atoms with Crippen molar-refractivity contribution in [3.63, 3.8) is 0 Å². The molecule has 0 aromatic heterocycles. The third-order valence-corrected chi connectivity index (χ3v) is 2.96. The molecule has 0 spiro atoms. The van der Waals surface area contributed by atoms with E-state index in [4.69, 9.17) is 4.74 Å². The highest BCUT2D eigenvalue weighted by molar-refractivity contribution is 5.97. The molecule has 0 saturated carbocycles. The molecule has 1 rings (SSSR count). The van der Waals surface area contributed by atoms with Gasteiger partial charge in [0, 0.05) is 11.1 Å². The van der Waals surface area contributed by atoms with Crippen LogP contribution in [0.25, 0.3) is 0 Å². The number of hydrogen-bond donors (Lipinski definition) is 1. The molecule has 1 N–H and O–H groups in total. The standard InChI is InChI=1S/C15H23NO2/c1-9-8-12(14(17)16-15(4,5)6)10(2)11(3)13(9)18-7/h8H,1-7H3,(H,16,17). The van der Waals surface area contributed by atoms with Crippen molar-refractivity contribution in [2.24, 2.45) is 0 Å². The van der Waals surface area contributed by atoms with Crippen molar-refractivity contribution in [1.82, 2.24) is 5.32 Å². The molecule has 3 heteroatoms. The second kappa shape index (κ2) is 5.01. The molecule has 0 bridgehead atoms. The summed E-state index contributed by atoms with van der Waals surface area (Å²) in [4.78, 5) is 12.2. The van der Waals surface area contributed by atoms with Gasteiger partial charge in [-0.25, -0.2) is 0 Å². The molecule has 18 heavy (non-hydrogen) atoms. The Labute approximate surface area is 110 Å². The lowest BCUT2D eigenvalue weighted by molar-refractivity contribution is 0.0918. The molecular formula is C15H23NO2. The number of benzene rings is 1. The van der Waals surface area contributed by atoms with E-state index in [0.717, 1.165) is 28.0 Å². The average Bonchev–Trinajstić information content (AvgIpc) is 2.21. The Hall–Kier alpha value is -1.51. The first-order valence-electron chi connectivity index (χ1n) is 6.14. The number of ether oxygens (including phenoxy) is 1. The fourth-order valence-electron chi connectivity index (χ4n) is 2.02. The Morgan fingerprint density at radius 3 is 2.17 bits per heavy atom. The van der Waals surface area contributed by atoms with Crippen molar-refractivity contribution in [2.75, 3.05) is 7.11 Å². The van der Waals surface area contributed by atoms with Crippen LogP contribution in [0.2, 0.25) is 0 Å². The van der Waals surface area contributed by atoms with Gasteiger partial charge >= 0.3 is 0 Å². The molecule has 0 aliphatic heterocycles. The smallest absolute Gasteiger partial charge is 0.251 e. The molecule has 100 valence electrons. The lowest BCUT2D eigenvalue weighted by Crippen LogP contribution is -2.40. The summed E-state index contributed by atoms with van der Waals surface area (Å²) in [5.74, 6) is 0.827. The van der Waals surface area contributed by atoms with Crippen LogP contribution in [0.1, 0.15) is 47.8 Å². The van der Waals surface area contributed by atoms with Gasteiger partial charge in [-0.3, -0.25) is 4.79 Å². The summed E-state index contributed by atoms with van der Waals surface area (Å²) in [5.41, 5.74) is 3.47. The molecule has 0 atom stereocenters. The van der Waals surface area contributed by atoms with Crippen molar-refractivity contribution >= 4 is 5.91 Å².